The van der Waals surface area contributed by atoms with Gasteiger partial charge in [-0.1, -0.05) is 158 Å². The van der Waals surface area contributed by atoms with Crippen LogP contribution in [0.4, 0.5) is 0 Å². The van der Waals surface area contributed by atoms with Crippen molar-refractivity contribution in [1.82, 2.24) is 24.1 Å². The molecular formula is C57H35N5S. The van der Waals surface area contributed by atoms with Crippen molar-refractivity contribution in [2.24, 2.45) is 0 Å². The minimum atomic E-state index is 0.631. The fourth-order valence-corrected chi connectivity index (χ4v) is 10.8. The standard InChI is InChI=1S/C57H35N5S/c1-4-16-36(17-5-1)42-26-15-29-48-52(42)43-24-10-12-27-46(43)62(48)41-30-31-45-51(35-41)63-50-33-32-49-53(54(45)50)44-25-11-13-28-47(44)61(49)40-23-14-22-39(34-40)57-59-55(37-18-6-2-7-19-37)58-56(60-57)38-20-8-3-9-21-38/h1-35H. The third kappa shape index (κ3) is 5.66. The largest absolute Gasteiger partial charge is 0.309 e. The van der Waals surface area contributed by atoms with Crippen molar-refractivity contribution in [2.75, 3.05) is 0 Å². The van der Waals surface area contributed by atoms with Gasteiger partial charge in [0.2, 0.25) is 0 Å². The summed E-state index contributed by atoms with van der Waals surface area (Å²) in [6, 6.07) is 75.5. The first-order valence-corrected chi connectivity index (χ1v) is 22.0. The van der Waals surface area contributed by atoms with Crippen LogP contribution in [0.5, 0.6) is 0 Å². The second kappa shape index (κ2) is 14.2. The lowest BCUT2D eigenvalue weighted by atomic mass is 9.99. The fraction of sp³-hybridized carbons (Fsp3) is 0. The van der Waals surface area contributed by atoms with Gasteiger partial charge in [-0.15, -0.1) is 11.3 Å². The van der Waals surface area contributed by atoms with Gasteiger partial charge in [0.25, 0.3) is 0 Å². The maximum atomic E-state index is 5.06. The Kier molecular flexibility index (Phi) is 8.01. The van der Waals surface area contributed by atoms with Gasteiger partial charge in [0.15, 0.2) is 17.5 Å². The Labute approximate surface area is 366 Å². The molecule has 13 rings (SSSR count). The van der Waals surface area contributed by atoms with E-state index in [0.29, 0.717) is 17.5 Å². The van der Waals surface area contributed by atoms with E-state index in [1.807, 2.05) is 72.0 Å². The molecule has 0 saturated carbocycles. The van der Waals surface area contributed by atoms with E-state index in [4.69, 9.17) is 15.0 Å². The Morgan fingerprint density at radius 3 is 1.48 bits per heavy atom. The van der Waals surface area contributed by atoms with Gasteiger partial charge < -0.3 is 9.13 Å². The van der Waals surface area contributed by atoms with E-state index >= 15 is 0 Å². The van der Waals surface area contributed by atoms with Crippen molar-refractivity contribution in [2.45, 2.75) is 0 Å². The van der Waals surface area contributed by atoms with Crippen LogP contribution < -0.4 is 0 Å². The molecule has 0 aliphatic heterocycles. The van der Waals surface area contributed by atoms with Crippen molar-refractivity contribution >= 4 is 75.1 Å². The van der Waals surface area contributed by atoms with E-state index in [1.54, 1.807) is 0 Å². The second-order valence-electron chi connectivity index (χ2n) is 16.0. The summed E-state index contributed by atoms with van der Waals surface area (Å²) in [5.74, 6) is 1.92. The first-order chi connectivity index (χ1) is 31.2. The monoisotopic (exact) mass is 821 g/mol. The SMILES string of the molecule is c1ccc(-c2nc(-c3ccccc3)nc(-c3cccc(-n4c5ccccc5c5c6c(ccc54)sc4cc(-n5c7ccccc7c7c(-c8ccccc8)cccc75)ccc46)c3)n2)cc1. The van der Waals surface area contributed by atoms with E-state index in [1.165, 1.54) is 63.9 Å². The fourth-order valence-electron chi connectivity index (χ4n) is 9.61. The lowest BCUT2D eigenvalue weighted by molar-refractivity contribution is 1.07. The zero-order valence-corrected chi connectivity index (χ0v) is 34.7. The highest BCUT2D eigenvalue weighted by Gasteiger charge is 2.21. The molecule has 63 heavy (non-hydrogen) atoms. The predicted octanol–water partition coefficient (Wildman–Crippen LogP) is 15.1. The van der Waals surface area contributed by atoms with Crippen LogP contribution in [0.3, 0.4) is 0 Å². The van der Waals surface area contributed by atoms with Gasteiger partial charge in [-0.3, -0.25) is 0 Å². The molecule has 0 N–H and O–H groups in total. The summed E-state index contributed by atoms with van der Waals surface area (Å²) < 4.78 is 7.36. The van der Waals surface area contributed by atoms with E-state index in [2.05, 4.69) is 161 Å². The molecule has 0 saturated heterocycles. The minimum absolute atomic E-state index is 0.631. The Morgan fingerprint density at radius 2 is 0.810 bits per heavy atom. The summed E-state index contributed by atoms with van der Waals surface area (Å²) in [7, 11) is 0. The van der Waals surface area contributed by atoms with E-state index < -0.39 is 0 Å². The van der Waals surface area contributed by atoms with Crippen LogP contribution in [0, 0.1) is 0 Å². The van der Waals surface area contributed by atoms with Gasteiger partial charge in [0.1, 0.15) is 0 Å². The molecule has 4 aromatic heterocycles. The number of nitrogens with zero attached hydrogens (tertiary/aromatic N) is 5. The van der Waals surface area contributed by atoms with Crippen LogP contribution in [0.25, 0.3) is 120 Å². The Bertz CT molecular complexity index is 3850. The van der Waals surface area contributed by atoms with Crippen LogP contribution >= 0.6 is 11.3 Å². The lowest BCUT2D eigenvalue weighted by Gasteiger charge is -2.11. The molecule has 0 aliphatic carbocycles. The highest BCUT2D eigenvalue weighted by molar-refractivity contribution is 7.26. The topological polar surface area (TPSA) is 48.5 Å². The number of aromatic nitrogens is 5. The molecule has 0 radical (unpaired) electrons. The average Bonchev–Trinajstić information content (AvgIpc) is 4.02. The number of fused-ring (bicyclic) bond motifs is 10. The van der Waals surface area contributed by atoms with Gasteiger partial charge in [-0.05, 0) is 65.7 Å². The van der Waals surface area contributed by atoms with Gasteiger partial charge >= 0.3 is 0 Å². The van der Waals surface area contributed by atoms with E-state index in [0.717, 1.165) is 39.1 Å². The van der Waals surface area contributed by atoms with Crippen molar-refractivity contribution in [3.05, 3.63) is 212 Å². The molecule has 294 valence electrons. The average molecular weight is 822 g/mol. The Morgan fingerprint density at radius 1 is 0.302 bits per heavy atom. The molecular weight excluding hydrogens is 787 g/mol. The molecule has 4 heterocycles. The molecule has 0 aliphatic rings. The molecule has 0 amide bonds. The van der Waals surface area contributed by atoms with Crippen LogP contribution in [0.15, 0.2) is 212 Å². The molecule has 0 unspecified atom stereocenters. The van der Waals surface area contributed by atoms with Gasteiger partial charge in [0, 0.05) is 69.8 Å². The molecule has 0 spiro atoms. The molecule has 13 aromatic rings. The smallest absolute Gasteiger partial charge is 0.164 e. The highest BCUT2D eigenvalue weighted by Crippen LogP contribution is 2.45. The van der Waals surface area contributed by atoms with Crippen molar-refractivity contribution in [3.63, 3.8) is 0 Å². The molecule has 6 heteroatoms. The van der Waals surface area contributed by atoms with Gasteiger partial charge in [-0.2, -0.15) is 0 Å². The molecule has 0 bridgehead atoms. The normalized spacial score (nSPS) is 11.8. The lowest BCUT2D eigenvalue weighted by Crippen LogP contribution is -2.01. The van der Waals surface area contributed by atoms with Crippen molar-refractivity contribution in [1.29, 1.82) is 0 Å². The molecule has 9 aromatic carbocycles. The maximum absolute atomic E-state index is 5.06. The zero-order valence-electron chi connectivity index (χ0n) is 33.9. The summed E-state index contributed by atoms with van der Waals surface area (Å²) in [6.07, 6.45) is 0. The van der Waals surface area contributed by atoms with Crippen LogP contribution in [-0.4, -0.2) is 24.1 Å². The summed E-state index contributed by atoms with van der Waals surface area (Å²) in [5, 5.41) is 7.56. The summed E-state index contributed by atoms with van der Waals surface area (Å²) in [5.41, 5.74) is 12.2. The number of hydrogen-bond acceptors (Lipinski definition) is 4. The Balaban J connectivity index is 0.983. The maximum Gasteiger partial charge on any atom is 0.164 e. The van der Waals surface area contributed by atoms with Crippen molar-refractivity contribution in [3.8, 4) is 56.7 Å². The van der Waals surface area contributed by atoms with Crippen LogP contribution in [0.2, 0.25) is 0 Å². The van der Waals surface area contributed by atoms with E-state index in [-0.39, 0.29) is 0 Å². The highest BCUT2D eigenvalue weighted by atomic mass is 32.1. The quantitative estimate of drug-likeness (QED) is 0.168. The van der Waals surface area contributed by atoms with E-state index in [9.17, 15) is 0 Å². The number of para-hydroxylation sites is 2. The Hall–Kier alpha value is -8.19. The summed E-state index contributed by atoms with van der Waals surface area (Å²) in [6.45, 7) is 0. The van der Waals surface area contributed by atoms with Gasteiger partial charge in [-0.25, -0.2) is 15.0 Å². The van der Waals surface area contributed by atoms with Crippen molar-refractivity contribution < 1.29 is 0 Å². The predicted molar refractivity (Wildman–Crippen MR) is 263 cm³/mol. The number of hydrogen-bond donors (Lipinski definition) is 0. The van der Waals surface area contributed by atoms with Gasteiger partial charge in [0.05, 0.1) is 22.1 Å². The van der Waals surface area contributed by atoms with Crippen LogP contribution in [0.1, 0.15) is 0 Å². The first kappa shape index (κ1) is 35.6. The summed E-state index contributed by atoms with van der Waals surface area (Å²) >= 11 is 1.87. The minimum Gasteiger partial charge on any atom is -0.309 e. The second-order valence-corrected chi connectivity index (χ2v) is 17.1. The third-order valence-corrected chi connectivity index (χ3v) is 13.5. The third-order valence-electron chi connectivity index (χ3n) is 12.4. The molecule has 5 nitrogen and oxygen atoms in total. The van der Waals surface area contributed by atoms with Crippen LogP contribution in [-0.2, 0) is 0 Å². The number of benzene rings is 9. The molecule has 0 atom stereocenters. The number of thiophene rings is 1. The first-order valence-electron chi connectivity index (χ1n) is 21.2. The zero-order chi connectivity index (χ0) is 41.4. The summed E-state index contributed by atoms with van der Waals surface area (Å²) in [4.78, 5) is 15.1. The number of rotatable bonds is 6. The molecule has 0 fully saturated rings.